The van der Waals surface area contributed by atoms with Gasteiger partial charge in [0.2, 0.25) is 5.82 Å². The predicted octanol–water partition coefficient (Wildman–Crippen LogP) is 5.24. The zero-order valence-corrected chi connectivity index (χ0v) is 17.2. The molecule has 0 saturated carbocycles. The van der Waals surface area contributed by atoms with Gasteiger partial charge in [0.25, 0.3) is 5.91 Å². The van der Waals surface area contributed by atoms with Crippen molar-refractivity contribution in [3.05, 3.63) is 59.4 Å². The lowest BCUT2D eigenvalue weighted by molar-refractivity contribution is 0.101. The normalized spacial score (nSPS) is 14.4. The first-order chi connectivity index (χ1) is 14.6. The molecule has 0 aliphatic carbocycles. The monoisotopic (exact) mass is 400 g/mol. The van der Waals surface area contributed by atoms with E-state index in [1.54, 1.807) is 0 Å². The van der Waals surface area contributed by atoms with Crippen molar-refractivity contribution >= 4 is 39.5 Å². The number of para-hydroxylation sites is 2. The number of nitrogens with one attached hydrogen (secondary N) is 1. The van der Waals surface area contributed by atoms with E-state index >= 15 is 0 Å². The molecule has 1 saturated heterocycles. The van der Waals surface area contributed by atoms with Gasteiger partial charge in [0.05, 0.1) is 0 Å². The van der Waals surface area contributed by atoms with E-state index in [1.807, 2.05) is 56.3 Å². The lowest BCUT2D eigenvalue weighted by Crippen LogP contribution is -2.31. The summed E-state index contributed by atoms with van der Waals surface area (Å²) in [4.78, 5) is 24.7. The van der Waals surface area contributed by atoms with Gasteiger partial charge in [-0.2, -0.15) is 0 Å². The van der Waals surface area contributed by atoms with Crippen LogP contribution in [0.15, 0.2) is 46.9 Å². The number of fused-ring (bicyclic) bond motifs is 3. The Bertz CT molecular complexity index is 1230. The average Bonchev–Trinajstić information content (AvgIpc) is 3.15. The topological polar surface area (TPSA) is 71.3 Å². The number of aromatic nitrogens is 2. The highest BCUT2D eigenvalue weighted by Gasteiger charge is 2.24. The van der Waals surface area contributed by atoms with Crippen LogP contribution in [-0.2, 0) is 0 Å². The van der Waals surface area contributed by atoms with Crippen LogP contribution < -0.4 is 10.2 Å². The summed E-state index contributed by atoms with van der Waals surface area (Å²) in [6, 6.07) is 13.7. The van der Waals surface area contributed by atoms with Crippen LogP contribution in [0.3, 0.4) is 0 Å². The third-order valence-corrected chi connectivity index (χ3v) is 5.78. The molecule has 4 aromatic rings. The standard InChI is InChI=1S/C24H24N4O2/c1-15-9-8-10-16(2)19(15)26-24(29)22-25-20-17-11-4-5-12-18(17)30-21(20)23(27-22)28-13-6-3-7-14-28/h4-5,8-12H,3,6-7,13-14H2,1-2H3,(H,26,29). The molecule has 0 bridgehead atoms. The maximum Gasteiger partial charge on any atom is 0.293 e. The summed E-state index contributed by atoms with van der Waals surface area (Å²) in [5.74, 6) is 0.567. The number of amides is 1. The van der Waals surface area contributed by atoms with E-state index in [-0.39, 0.29) is 11.7 Å². The zero-order chi connectivity index (χ0) is 20.7. The van der Waals surface area contributed by atoms with E-state index in [1.165, 1.54) is 6.42 Å². The molecule has 6 heteroatoms. The molecule has 152 valence electrons. The van der Waals surface area contributed by atoms with Crippen LogP contribution in [0.5, 0.6) is 0 Å². The van der Waals surface area contributed by atoms with Gasteiger partial charge >= 0.3 is 0 Å². The Morgan fingerprint density at radius 1 is 0.967 bits per heavy atom. The fourth-order valence-corrected chi connectivity index (χ4v) is 4.18. The Hall–Kier alpha value is -3.41. The third kappa shape index (κ3) is 3.18. The van der Waals surface area contributed by atoms with Gasteiger partial charge in [0, 0.05) is 24.2 Å². The van der Waals surface area contributed by atoms with Gasteiger partial charge in [-0.1, -0.05) is 30.3 Å². The first kappa shape index (κ1) is 18.6. The molecule has 0 spiro atoms. The van der Waals surface area contributed by atoms with E-state index in [9.17, 15) is 4.79 Å². The number of hydrogen-bond donors (Lipinski definition) is 1. The minimum absolute atomic E-state index is 0.164. The Kier molecular flexibility index (Phi) is 4.62. The summed E-state index contributed by atoms with van der Waals surface area (Å²) < 4.78 is 6.13. The lowest BCUT2D eigenvalue weighted by Gasteiger charge is -2.27. The number of hydrogen-bond acceptors (Lipinski definition) is 5. The van der Waals surface area contributed by atoms with Crippen molar-refractivity contribution in [3.63, 3.8) is 0 Å². The van der Waals surface area contributed by atoms with Gasteiger partial charge in [-0.25, -0.2) is 9.97 Å². The first-order valence-corrected chi connectivity index (χ1v) is 10.4. The van der Waals surface area contributed by atoms with Gasteiger partial charge in [0.15, 0.2) is 11.4 Å². The van der Waals surface area contributed by atoms with Gasteiger partial charge < -0.3 is 14.6 Å². The molecule has 6 nitrogen and oxygen atoms in total. The number of nitrogens with zero attached hydrogens (tertiary/aromatic N) is 3. The molecule has 1 fully saturated rings. The zero-order valence-electron chi connectivity index (χ0n) is 17.2. The second-order valence-corrected chi connectivity index (χ2v) is 7.92. The van der Waals surface area contributed by atoms with Gasteiger partial charge in [-0.15, -0.1) is 0 Å². The molecular formula is C24H24N4O2. The van der Waals surface area contributed by atoms with Crippen LogP contribution in [0.25, 0.3) is 22.1 Å². The molecule has 2 aromatic carbocycles. The summed E-state index contributed by atoms with van der Waals surface area (Å²) in [5, 5.41) is 3.91. The van der Waals surface area contributed by atoms with Crippen molar-refractivity contribution in [1.82, 2.24) is 9.97 Å². The highest BCUT2D eigenvalue weighted by molar-refractivity contribution is 6.09. The summed E-state index contributed by atoms with van der Waals surface area (Å²) in [5.41, 5.74) is 4.92. The Balaban J connectivity index is 1.64. The average molecular weight is 400 g/mol. The van der Waals surface area contributed by atoms with Crippen molar-refractivity contribution in [2.75, 3.05) is 23.3 Å². The molecule has 2 aromatic heterocycles. The van der Waals surface area contributed by atoms with E-state index in [0.717, 1.165) is 53.7 Å². The minimum Gasteiger partial charge on any atom is -0.450 e. The minimum atomic E-state index is -0.308. The van der Waals surface area contributed by atoms with Crippen molar-refractivity contribution in [1.29, 1.82) is 0 Å². The van der Waals surface area contributed by atoms with Crippen molar-refractivity contribution in [3.8, 4) is 0 Å². The quantitative estimate of drug-likeness (QED) is 0.509. The Morgan fingerprint density at radius 2 is 1.70 bits per heavy atom. The lowest BCUT2D eigenvalue weighted by atomic mass is 10.1. The maximum atomic E-state index is 13.2. The molecule has 1 amide bonds. The number of carbonyl (C=O) groups is 1. The number of anilines is 2. The van der Waals surface area contributed by atoms with E-state index in [0.29, 0.717) is 16.9 Å². The highest BCUT2D eigenvalue weighted by Crippen LogP contribution is 2.34. The summed E-state index contributed by atoms with van der Waals surface area (Å²) in [6.07, 6.45) is 3.43. The molecule has 1 aliphatic rings. The molecule has 0 unspecified atom stereocenters. The molecule has 30 heavy (non-hydrogen) atoms. The second kappa shape index (κ2) is 7.44. The smallest absolute Gasteiger partial charge is 0.293 e. The molecule has 0 atom stereocenters. The van der Waals surface area contributed by atoms with Crippen LogP contribution in [0.4, 0.5) is 11.5 Å². The Labute approximate surface area is 174 Å². The number of furan rings is 1. The maximum absolute atomic E-state index is 13.2. The number of piperidine rings is 1. The number of benzene rings is 2. The van der Waals surface area contributed by atoms with Crippen LogP contribution >= 0.6 is 0 Å². The van der Waals surface area contributed by atoms with E-state index < -0.39 is 0 Å². The van der Waals surface area contributed by atoms with Crippen molar-refractivity contribution < 1.29 is 9.21 Å². The fourth-order valence-electron chi connectivity index (χ4n) is 4.18. The van der Waals surface area contributed by atoms with Gasteiger partial charge in [0.1, 0.15) is 11.1 Å². The molecular weight excluding hydrogens is 376 g/mol. The van der Waals surface area contributed by atoms with Crippen LogP contribution in [0, 0.1) is 13.8 Å². The van der Waals surface area contributed by atoms with Gasteiger partial charge in [-0.3, -0.25) is 4.79 Å². The first-order valence-electron chi connectivity index (χ1n) is 10.4. The summed E-state index contributed by atoms with van der Waals surface area (Å²) >= 11 is 0. The SMILES string of the molecule is Cc1cccc(C)c1NC(=O)c1nc(N2CCCCC2)c2oc3ccccc3c2n1. The van der Waals surface area contributed by atoms with Gasteiger partial charge in [-0.05, 0) is 56.4 Å². The van der Waals surface area contributed by atoms with Crippen molar-refractivity contribution in [2.24, 2.45) is 0 Å². The van der Waals surface area contributed by atoms with Crippen LogP contribution in [-0.4, -0.2) is 29.0 Å². The molecule has 1 aliphatic heterocycles. The van der Waals surface area contributed by atoms with E-state index in [2.05, 4.69) is 20.2 Å². The Morgan fingerprint density at radius 3 is 2.47 bits per heavy atom. The van der Waals surface area contributed by atoms with Crippen LogP contribution in [0.2, 0.25) is 0 Å². The molecule has 1 N–H and O–H groups in total. The number of aryl methyl sites for hydroxylation is 2. The van der Waals surface area contributed by atoms with E-state index in [4.69, 9.17) is 4.42 Å². The third-order valence-electron chi connectivity index (χ3n) is 5.78. The van der Waals surface area contributed by atoms with Crippen LogP contribution in [0.1, 0.15) is 41.0 Å². The highest BCUT2D eigenvalue weighted by atomic mass is 16.3. The molecule has 5 rings (SSSR count). The number of rotatable bonds is 3. The largest absolute Gasteiger partial charge is 0.450 e. The summed E-state index contributed by atoms with van der Waals surface area (Å²) in [7, 11) is 0. The molecule has 0 radical (unpaired) electrons. The number of carbonyl (C=O) groups excluding carboxylic acids is 1. The molecule has 3 heterocycles. The second-order valence-electron chi connectivity index (χ2n) is 7.92. The summed E-state index contributed by atoms with van der Waals surface area (Å²) in [6.45, 7) is 5.77. The predicted molar refractivity (Wildman–Crippen MR) is 119 cm³/mol. The van der Waals surface area contributed by atoms with Crippen molar-refractivity contribution in [2.45, 2.75) is 33.1 Å². The fraction of sp³-hybridized carbons (Fsp3) is 0.292.